The molecule has 4 aromatic rings. The Balaban J connectivity index is 1.54. The summed E-state index contributed by atoms with van der Waals surface area (Å²) >= 11 is 0. The zero-order chi connectivity index (χ0) is 23.2. The van der Waals surface area contributed by atoms with Crippen LogP contribution in [0, 0.1) is 0 Å². The molecule has 0 bridgehead atoms. The molecule has 1 heterocycles. The average Bonchev–Trinajstić information content (AvgIpc) is 3.33. The van der Waals surface area contributed by atoms with Crippen LogP contribution in [0.1, 0.15) is 17.0 Å². The van der Waals surface area contributed by atoms with E-state index < -0.39 is 12.1 Å². The second kappa shape index (κ2) is 10.3. The minimum Gasteiger partial charge on any atom is -0.493 e. The Kier molecular flexibility index (Phi) is 7.07. The summed E-state index contributed by atoms with van der Waals surface area (Å²) < 4.78 is 16.7. The van der Waals surface area contributed by atoms with E-state index in [-0.39, 0.29) is 12.5 Å². The van der Waals surface area contributed by atoms with E-state index >= 15 is 0 Å². The van der Waals surface area contributed by atoms with Crippen LogP contribution in [0.15, 0.2) is 66.7 Å². The Labute approximate surface area is 192 Å². The monoisotopic (exact) mass is 448 g/mol. The lowest BCUT2D eigenvalue weighted by atomic mass is 9.83. The molecular weight excluding hydrogens is 420 g/mol. The Morgan fingerprint density at radius 2 is 1.67 bits per heavy atom. The number of fused-ring (bicyclic) bond motifs is 1. The number of aliphatic hydroxyl groups is 1. The molecule has 0 aliphatic rings. The van der Waals surface area contributed by atoms with Gasteiger partial charge in [-0.2, -0.15) is 15.4 Å². The predicted molar refractivity (Wildman–Crippen MR) is 126 cm³/mol. The number of nitrogens with two attached hydrogens (primary N) is 1. The van der Waals surface area contributed by atoms with Crippen LogP contribution in [-0.2, 0) is 6.42 Å². The first-order valence-corrected chi connectivity index (χ1v) is 10.7. The van der Waals surface area contributed by atoms with Crippen molar-refractivity contribution in [2.24, 2.45) is 5.73 Å². The van der Waals surface area contributed by atoms with E-state index in [1.54, 1.807) is 26.4 Å². The van der Waals surface area contributed by atoms with Crippen molar-refractivity contribution in [1.29, 1.82) is 0 Å². The summed E-state index contributed by atoms with van der Waals surface area (Å²) in [6.07, 6.45) is -0.251. The number of hydrogen-bond acceptors (Lipinski definition) is 7. The molecule has 0 spiro atoms. The molecule has 0 saturated carbocycles. The lowest BCUT2D eigenvalue weighted by Crippen LogP contribution is -2.44. The van der Waals surface area contributed by atoms with E-state index in [1.165, 1.54) is 0 Å². The molecule has 3 aromatic carbocycles. The maximum absolute atomic E-state index is 10.9. The van der Waals surface area contributed by atoms with Gasteiger partial charge >= 0.3 is 0 Å². The number of benzene rings is 3. The highest BCUT2D eigenvalue weighted by Crippen LogP contribution is 2.34. The largest absolute Gasteiger partial charge is 0.493 e. The van der Waals surface area contributed by atoms with Gasteiger partial charge in [0.15, 0.2) is 11.5 Å². The highest BCUT2D eigenvalue weighted by atomic mass is 16.5. The third kappa shape index (κ3) is 5.24. The number of H-pyrrole nitrogens is 1. The summed E-state index contributed by atoms with van der Waals surface area (Å²) in [7, 11) is 3.20. The zero-order valence-corrected chi connectivity index (χ0v) is 18.6. The van der Waals surface area contributed by atoms with Gasteiger partial charge in [-0.25, -0.2) is 0 Å². The number of nitrogens with one attached hydrogen (secondary N) is 1. The minimum absolute atomic E-state index is 0.0447. The first kappa shape index (κ1) is 22.6. The summed E-state index contributed by atoms with van der Waals surface area (Å²) in [4.78, 5) is 0. The van der Waals surface area contributed by atoms with E-state index in [9.17, 15) is 5.11 Å². The molecule has 172 valence electrons. The van der Waals surface area contributed by atoms with Gasteiger partial charge in [0.25, 0.3) is 0 Å². The Morgan fingerprint density at radius 1 is 0.909 bits per heavy atom. The molecule has 8 nitrogen and oxygen atoms in total. The number of ether oxygens (including phenoxy) is 3. The number of methoxy groups -OCH3 is 2. The van der Waals surface area contributed by atoms with Crippen LogP contribution < -0.4 is 19.9 Å². The second-order valence-corrected chi connectivity index (χ2v) is 7.84. The normalized spacial score (nSPS) is 13.9. The molecular formula is C25H28N4O4. The van der Waals surface area contributed by atoms with Crippen molar-refractivity contribution in [1.82, 2.24) is 15.4 Å². The van der Waals surface area contributed by atoms with Crippen molar-refractivity contribution in [2.45, 2.75) is 24.5 Å². The van der Waals surface area contributed by atoms with Crippen molar-refractivity contribution in [3.63, 3.8) is 0 Å². The fraction of sp³-hybridized carbons (Fsp3) is 0.280. The first-order valence-electron chi connectivity index (χ1n) is 10.7. The van der Waals surface area contributed by atoms with Gasteiger partial charge in [0.05, 0.1) is 14.2 Å². The van der Waals surface area contributed by atoms with E-state index in [4.69, 9.17) is 19.9 Å². The maximum Gasteiger partial charge on any atom is 0.160 e. The van der Waals surface area contributed by atoms with E-state index in [1.807, 2.05) is 42.5 Å². The number of rotatable bonds is 10. The molecule has 8 heteroatoms. The molecule has 0 aliphatic heterocycles. The van der Waals surface area contributed by atoms with Crippen LogP contribution >= 0.6 is 0 Å². The second-order valence-electron chi connectivity index (χ2n) is 7.84. The van der Waals surface area contributed by atoms with Crippen LogP contribution in [-0.4, -0.2) is 53.5 Å². The molecule has 0 saturated heterocycles. The summed E-state index contributed by atoms with van der Waals surface area (Å²) in [6.45, 7) is 0.0447. The summed E-state index contributed by atoms with van der Waals surface area (Å²) in [5.41, 5.74) is 10.1. The van der Waals surface area contributed by atoms with Crippen LogP contribution in [0.25, 0.3) is 11.0 Å². The Morgan fingerprint density at radius 3 is 2.42 bits per heavy atom. The minimum atomic E-state index is -0.903. The molecule has 3 atom stereocenters. The van der Waals surface area contributed by atoms with Gasteiger partial charge in [-0.3, -0.25) is 0 Å². The Hall–Kier alpha value is -3.62. The fourth-order valence-electron chi connectivity index (χ4n) is 3.90. The van der Waals surface area contributed by atoms with Crippen LogP contribution in [0.5, 0.6) is 17.2 Å². The van der Waals surface area contributed by atoms with Crippen molar-refractivity contribution in [3.8, 4) is 17.2 Å². The average molecular weight is 449 g/mol. The van der Waals surface area contributed by atoms with E-state index in [0.29, 0.717) is 29.2 Å². The van der Waals surface area contributed by atoms with Gasteiger partial charge in [0.2, 0.25) is 0 Å². The molecule has 0 fully saturated rings. The molecule has 4 N–H and O–H groups in total. The standard InChI is InChI=1S/C25H28N4O4/c1-31-23-11-8-17(13-24(23)32-2)19(12-16-6-4-3-5-7-16)25(26)22(30)15-33-18-9-10-20-21(14-18)28-29-27-20/h3-11,13-14,19,22,25,30H,12,15,26H2,1-2H3,(H,27,28,29)/t19?,22-,25?/m0/s1. The summed E-state index contributed by atoms with van der Waals surface area (Å²) in [6, 6.07) is 20.6. The third-order valence-corrected chi connectivity index (χ3v) is 5.75. The van der Waals surface area contributed by atoms with Gasteiger partial charge in [-0.1, -0.05) is 36.4 Å². The smallest absolute Gasteiger partial charge is 0.160 e. The highest BCUT2D eigenvalue weighted by molar-refractivity contribution is 5.75. The number of aromatic amines is 1. The number of hydrogen-bond donors (Lipinski definition) is 3. The maximum atomic E-state index is 10.9. The van der Waals surface area contributed by atoms with Gasteiger partial charge in [0.1, 0.15) is 29.5 Å². The molecule has 33 heavy (non-hydrogen) atoms. The van der Waals surface area contributed by atoms with Gasteiger partial charge < -0.3 is 25.1 Å². The number of aliphatic hydroxyl groups excluding tert-OH is 1. The molecule has 0 aliphatic carbocycles. The third-order valence-electron chi connectivity index (χ3n) is 5.75. The lowest BCUT2D eigenvalue weighted by molar-refractivity contribution is 0.0766. The topological polar surface area (TPSA) is 116 Å². The quantitative estimate of drug-likeness (QED) is 0.341. The van der Waals surface area contributed by atoms with Crippen molar-refractivity contribution in [2.75, 3.05) is 20.8 Å². The molecule has 4 rings (SSSR count). The lowest BCUT2D eigenvalue weighted by Gasteiger charge is -2.29. The van der Waals surface area contributed by atoms with Crippen LogP contribution in [0.4, 0.5) is 0 Å². The van der Waals surface area contributed by atoms with Gasteiger partial charge in [-0.15, -0.1) is 0 Å². The molecule has 1 aromatic heterocycles. The zero-order valence-electron chi connectivity index (χ0n) is 18.6. The highest BCUT2D eigenvalue weighted by Gasteiger charge is 2.28. The fourth-order valence-corrected chi connectivity index (χ4v) is 3.90. The van der Waals surface area contributed by atoms with E-state index in [0.717, 1.165) is 16.6 Å². The number of aromatic nitrogens is 3. The van der Waals surface area contributed by atoms with Crippen molar-refractivity contribution >= 4 is 11.0 Å². The predicted octanol–water partition coefficient (Wildman–Crippen LogP) is 3.07. The molecule has 2 unspecified atom stereocenters. The van der Waals surface area contributed by atoms with E-state index in [2.05, 4.69) is 27.5 Å². The summed E-state index contributed by atoms with van der Waals surface area (Å²) in [5, 5.41) is 21.6. The SMILES string of the molecule is COc1ccc(C(Cc2ccccc2)C(N)[C@@H](O)COc2ccc3n[nH]nc3c2)cc1OC. The number of nitrogens with zero attached hydrogens (tertiary/aromatic N) is 2. The van der Waals surface area contributed by atoms with Crippen molar-refractivity contribution < 1.29 is 19.3 Å². The van der Waals surface area contributed by atoms with Crippen LogP contribution in [0.3, 0.4) is 0 Å². The summed E-state index contributed by atoms with van der Waals surface area (Å²) in [5.74, 6) is 1.67. The van der Waals surface area contributed by atoms with Crippen molar-refractivity contribution in [3.05, 3.63) is 77.9 Å². The molecule has 0 amide bonds. The first-order chi connectivity index (χ1) is 16.1. The van der Waals surface area contributed by atoms with Gasteiger partial charge in [0, 0.05) is 18.0 Å². The van der Waals surface area contributed by atoms with Gasteiger partial charge in [-0.05, 0) is 41.8 Å². The van der Waals surface area contributed by atoms with Crippen LogP contribution in [0.2, 0.25) is 0 Å². The molecule has 0 radical (unpaired) electrons. The Bertz CT molecular complexity index is 1180.